The van der Waals surface area contributed by atoms with Gasteiger partial charge in [0, 0.05) is 0 Å². The van der Waals surface area contributed by atoms with Crippen LogP contribution >= 0.6 is 30.8 Å². The molecule has 6 heteroatoms. The number of allylic oxidation sites excluding steroid dienone is 2. The third-order valence-corrected chi connectivity index (χ3v) is 4.33. The van der Waals surface area contributed by atoms with Gasteiger partial charge in [-0.25, -0.2) is 0 Å². The van der Waals surface area contributed by atoms with E-state index in [9.17, 15) is 4.57 Å². The first-order valence-corrected chi connectivity index (χ1v) is 5.86. The molecule has 0 aromatic carbocycles. The topological polar surface area (TPSA) is 57.5 Å². The summed E-state index contributed by atoms with van der Waals surface area (Å²) >= 11 is 11.5. The van der Waals surface area contributed by atoms with Gasteiger partial charge in [0.2, 0.25) is 0 Å². The van der Waals surface area contributed by atoms with Gasteiger partial charge in [-0.05, 0) is 13.3 Å². The maximum Gasteiger partial charge on any atom is 0.353 e. The van der Waals surface area contributed by atoms with Crippen molar-refractivity contribution in [1.29, 1.82) is 0 Å². The van der Waals surface area contributed by atoms with Crippen LogP contribution in [0.15, 0.2) is 10.9 Å². The fourth-order valence-electron chi connectivity index (χ4n) is 1.32. The van der Waals surface area contributed by atoms with E-state index in [2.05, 4.69) is 0 Å². The predicted octanol–water partition coefficient (Wildman–Crippen LogP) is 2.06. The minimum Gasteiger partial charge on any atom is -0.321 e. The average molecular weight is 231 g/mol. The molecule has 0 aromatic heterocycles. The second-order valence-electron chi connectivity index (χ2n) is 2.83. The number of hydrogen-bond donors (Lipinski definition) is 2. The summed E-state index contributed by atoms with van der Waals surface area (Å²) in [4.78, 5) is 17.8. The third kappa shape index (κ3) is 1.86. The van der Waals surface area contributed by atoms with Crippen LogP contribution in [0.5, 0.6) is 0 Å². The van der Waals surface area contributed by atoms with Crippen LogP contribution in [0.25, 0.3) is 0 Å². The average Bonchev–Trinajstić information content (AvgIpc) is 2.05. The molecular formula is C6H9Cl2O3P. The first kappa shape index (κ1) is 10.6. The highest BCUT2D eigenvalue weighted by Gasteiger charge is 2.39. The molecule has 2 unspecified atom stereocenters. The molecule has 1 aliphatic carbocycles. The molecule has 2 N–H and O–H groups in total. The van der Waals surface area contributed by atoms with E-state index in [1.807, 2.05) is 0 Å². The Hall–Kier alpha value is 0.470. The SMILES string of the molecule is CC1=C(P(=O)(O)O)C(Cl)C(Cl)C1. The normalized spacial score (nSPS) is 31.4. The van der Waals surface area contributed by atoms with E-state index >= 15 is 0 Å². The highest BCUT2D eigenvalue weighted by atomic mass is 35.5. The molecule has 0 aromatic rings. The second-order valence-corrected chi connectivity index (χ2v) is 5.43. The predicted molar refractivity (Wildman–Crippen MR) is 48.6 cm³/mol. The fourth-order valence-corrected chi connectivity index (χ4v) is 3.51. The van der Waals surface area contributed by atoms with Crippen molar-refractivity contribution in [3.8, 4) is 0 Å². The van der Waals surface area contributed by atoms with Gasteiger partial charge in [-0.2, -0.15) is 0 Å². The Morgan fingerprint density at radius 3 is 2.17 bits per heavy atom. The lowest BCUT2D eigenvalue weighted by molar-refractivity contribution is 0.381. The van der Waals surface area contributed by atoms with Crippen molar-refractivity contribution in [3.63, 3.8) is 0 Å². The zero-order valence-corrected chi connectivity index (χ0v) is 8.77. The molecule has 0 amide bonds. The van der Waals surface area contributed by atoms with Gasteiger partial charge in [0.1, 0.15) is 0 Å². The van der Waals surface area contributed by atoms with Crippen LogP contribution in [0, 0.1) is 0 Å². The van der Waals surface area contributed by atoms with Gasteiger partial charge in [0.25, 0.3) is 0 Å². The van der Waals surface area contributed by atoms with Gasteiger partial charge in [-0.3, -0.25) is 4.57 Å². The van der Waals surface area contributed by atoms with Gasteiger partial charge >= 0.3 is 7.60 Å². The molecule has 0 bridgehead atoms. The van der Waals surface area contributed by atoms with Crippen molar-refractivity contribution >= 4 is 30.8 Å². The number of rotatable bonds is 1. The molecule has 3 nitrogen and oxygen atoms in total. The Bertz CT molecular complexity index is 270. The van der Waals surface area contributed by atoms with Crippen molar-refractivity contribution in [2.75, 3.05) is 0 Å². The summed E-state index contributed by atoms with van der Waals surface area (Å²) in [6, 6.07) is 0. The van der Waals surface area contributed by atoms with Crippen LogP contribution < -0.4 is 0 Å². The quantitative estimate of drug-likeness (QED) is 0.536. The molecule has 70 valence electrons. The Morgan fingerprint density at radius 2 is 2.00 bits per heavy atom. The van der Waals surface area contributed by atoms with Gasteiger partial charge in [0.15, 0.2) is 0 Å². The lowest BCUT2D eigenvalue weighted by Crippen LogP contribution is -2.10. The molecule has 0 radical (unpaired) electrons. The maximum absolute atomic E-state index is 10.9. The Morgan fingerprint density at radius 1 is 1.50 bits per heavy atom. The molecule has 0 heterocycles. The van der Waals surface area contributed by atoms with Crippen LogP contribution in [0.4, 0.5) is 0 Å². The lowest BCUT2D eigenvalue weighted by Gasteiger charge is -2.11. The molecule has 1 aliphatic rings. The lowest BCUT2D eigenvalue weighted by atomic mass is 10.3. The van der Waals surface area contributed by atoms with Crippen molar-refractivity contribution in [2.24, 2.45) is 0 Å². The monoisotopic (exact) mass is 230 g/mol. The van der Waals surface area contributed by atoms with Crippen LogP contribution in [0.2, 0.25) is 0 Å². The number of alkyl halides is 2. The highest BCUT2D eigenvalue weighted by Crippen LogP contribution is 2.55. The number of hydrogen-bond acceptors (Lipinski definition) is 1. The first-order valence-electron chi connectivity index (χ1n) is 3.38. The Balaban J connectivity index is 3.04. The molecule has 0 spiro atoms. The summed E-state index contributed by atoms with van der Waals surface area (Å²) in [7, 11) is -4.20. The smallest absolute Gasteiger partial charge is 0.321 e. The molecular weight excluding hydrogens is 222 g/mol. The van der Waals surface area contributed by atoms with Crippen LogP contribution in [-0.2, 0) is 4.57 Å². The summed E-state index contributed by atoms with van der Waals surface area (Å²) in [6.45, 7) is 1.65. The maximum atomic E-state index is 10.9. The highest BCUT2D eigenvalue weighted by molar-refractivity contribution is 7.56. The molecule has 0 saturated carbocycles. The van der Waals surface area contributed by atoms with E-state index in [-0.39, 0.29) is 5.31 Å². The minimum atomic E-state index is -4.20. The third-order valence-electron chi connectivity index (χ3n) is 1.83. The van der Waals surface area contributed by atoms with E-state index in [0.717, 1.165) is 0 Å². The van der Waals surface area contributed by atoms with Crippen molar-refractivity contribution in [3.05, 3.63) is 10.9 Å². The summed E-state index contributed by atoms with van der Waals surface area (Å²) in [5.41, 5.74) is 0.614. The van der Waals surface area contributed by atoms with E-state index in [4.69, 9.17) is 33.0 Å². The minimum absolute atomic E-state index is 0.00386. The second kappa shape index (κ2) is 3.32. The van der Waals surface area contributed by atoms with E-state index in [1.54, 1.807) is 6.92 Å². The zero-order valence-electron chi connectivity index (χ0n) is 6.37. The summed E-state index contributed by atoms with van der Waals surface area (Å²) in [5, 5.41) is -1.12. The van der Waals surface area contributed by atoms with Gasteiger partial charge in [-0.15, -0.1) is 23.2 Å². The van der Waals surface area contributed by atoms with E-state index in [1.165, 1.54) is 0 Å². The first-order chi connectivity index (χ1) is 5.34. The Kier molecular flexibility index (Phi) is 2.92. The summed E-state index contributed by atoms with van der Waals surface area (Å²) < 4.78 is 10.9. The number of halogens is 2. The molecule has 0 saturated heterocycles. The van der Waals surface area contributed by atoms with Crippen molar-refractivity contribution < 1.29 is 14.4 Å². The van der Waals surface area contributed by atoms with Crippen LogP contribution in [-0.4, -0.2) is 20.5 Å². The van der Waals surface area contributed by atoms with Crippen LogP contribution in [0.1, 0.15) is 13.3 Å². The van der Waals surface area contributed by atoms with Gasteiger partial charge in [-0.1, -0.05) is 5.57 Å². The van der Waals surface area contributed by atoms with E-state index < -0.39 is 18.3 Å². The van der Waals surface area contributed by atoms with Gasteiger partial charge in [0.05, 0.1) is 16.1 Å². The molecule has 12 heavy (non-hydrogen) atoms. The zero-order chi connectivity index (χ0) is 9.52. The molecule has 0 aliphatic heterocycles. The summed E-state index contributed by atoms with van der Waals surface area (Å²) in [6.07, 6.45) is 0.455. The largest absolute Gasteiger partial charge is 0.353 e. The van der Waals surface area contributed by atoms with Crippen molar-refractivity contribution in [1.82, 2.24) is 0 Å². The van der Waals surface area contributed by atoms with Gasteiger partial charge < -0.3 is 9.79 Å². The summed E-state index contributed by atoms with van der Waals surface area (Å²) in [5.74, 6) is 0. The molecule has 2 atom stereocenters. The van der Waals surface area contributed by atoms with Crippen molar-refractivity contribution in [2.45, 2.75) is 24.1 Å². The Labute approximate surface area is 80.5 Å². The fraction of sp³-hybridized carbons (Fsp3) is 0.667. The standard InChI is InChI=1S/C6H9Cl2O3P/c1-3-2-4(7)5(8)6(3)12(9,10)11/h4-5H,2H2,1H3,(H2,9,10,11). The molecule has 0 fully saturated rings. The molecule has 1 rings (SSSR count). The van der Waals surface area contributed by atoms with Crippen LogP contribution in [0.3, 0.4) is 0 Å². The van der Waals surface area contributed by atoms with E-state index in [0.29, 0.717) is 12.0 Å².